The summed E-state index contributed by atoms with van der Waals surface area (Å²) >= 11 is 0. The lowest BCUT2D eigenvalue weighted by Gasteiger charge is -2.44. The number of aliphatic hydroxyl groups is 3. The van der Waals surface area contributed by atoms with Gasteiger partial charge in [-0.25, -0.2) is 0 Å². The molecule has 17 heavy (non-hydrogen) atoms. The van der Waals surface area contributed by atoms with Crippen LogP contribution in [0.2, 0.25) is 0 Å². The Morgan fingerprint density at radius 2 is 1.65 bits per heavy atom. The van der Waals surface area contributed by atoms with Crippen LogP contribution >= 0.6 is 0 Å². The molecule has 0 aromatic rings. The third-order valence-corrected chi connectivity index (χ3v) is 4.45. The van der Waals surface area contributed by atoms with Crippen molar-refractivity contribution in [2.24, 2.45) is 5.92 Å². The molecule has 1 saturated heterocycles. The average Bonchev–Trinajstić information content (AvgIpc) is 2.35. The van der Waals surface area contributed by atoms with E-state index in [0.717, 1.165) is 6.54 Å². The molecule has 1 aliphatic carbocycles. The predicted octanol–water partition coefficient (Wildman–Crippen LogP) is 0.353. The van der Waals surface area contributed by atoms with E-state index in [1.807, 2.05) is 6.92 Å². The van der Waals surface area contributed by atoms with Gasteiger partial charge in [-0.1, -0.05) is 19.3 Å². The van der Waals surface area contributed by atoms with Crippen molar-refractivity contribution < 1.29 is 15.3 Å². The van der Waals surface area contributed by atoms with Gasteiger partial charge in [0.1, 0.15) is 6.10 Å². The van der Waals surface area contributed by atoms with Gasteiger partial charge in [-0.15, -0.1) is 0 Å². The first kappa shape index (κ1) is 13.3. The molecule has 4 heteroatoms. The molecule has 4 atom stereocenters. The van der Waals surface area contributed by atoms with Crippen LogP contribution in [0.4, 0.5) is 0 Å². The third kappa shape index (κ3) is 2.99. The highest BCUT2D eigenvalue weighted by Crippen LogP contribution is 2.27. The van der Waals surface area contributed by atoms with Crippen molar-refractivity contribution in [1.29, 1.82) is 0 Å². The summed E-state index contributed by atoms with van der Waals surface area (Å²) in [6.07, 6.45) is 3.84. The standard InChI is InChI=1S/C13H25NO3/c1-9-12(16)13(17)11(15)8-14(9)7-10-5-3-2-4-6-10/h9-13,15-17H,2-8H2,1H3/t9-,11+,12-,13-/m1/s1. The largest absolute Gasteiger partial charge is 0.389 e. The van der Waals surface area contributed by atoms with Crippen molar-refractivity contribution in [3.63, 3.8) is 0 Å². The first-order chi connectivity index (χ1) is 8.09. The van der Waals surface area contributed by atoms with Crippen molar-refractivity contribution in [2.75, 3.05) is 13.1 Å². The highest BCUT2D eigenvalue weighted by atomic mass is 16.4. The summed E-state index contributed by atoms with van der Waals surface area (Å²) in [7, 11) is 0. The SMILES string of the molecule is C[C@@H]1[C@@H](O)[C@H](O)[C@@H](O)CN1CC1CCCCC1. The van der Waals surface area contributed by atoms with Gasteiger partial charge in [0.2, 0.25) is 0 Å². The summed E-state index contributed by atoms with van der Waals surface area (Å²) in [5.74, 6) is 0.695. The quantitative estimate of drug-likeness (QED) is 0.655. The molecule has 0 radical (unpaired) electrons. The van der Waals surface area contributed by atoms with E-state index in [2.05, 4.69) is 4.90 Å². The summed E-state index contributed by atoms with van der Waals surface area (Å²) in [6, 6.07) is -0.0599. The number of piperidine rings is 1. The lowest BCUT2D eigenvalue weighted by atomic mass is 9.87. The fourth-order valence-electron chi connectivity index (χ4n) is 3.19. The van der Waals surface area contributed by atoms with E-state index in [1.165, 1.54) is 32.1 Å². The Morgan fingerprint density at radius 1 is 1.00 bits per heavy atom. The van der Waals surface area contributed by atoms with E-state index in [9.17, 15) is 15.3 Å². The van der Waals surface area contributed by atoms with E-state index >= 15 is 0 Å². The maximum atomic E-state index is 9.86. The fourth-order valence-corrected chi connectivity index (χ4v) is 3.19. The molecule has 1 saturated carbocycles. The molecular weight excluding hydrogens is 218 g/mol. The van der Waals surface area contributed by atoms with Gasteiger partial charge in [-0.2, -0.15) is 0 Å². The zero-order valence-corrected chi connectivity index (χ0v) is 10.6. The Morgan fingerprint density at radius 3 is 2.29 bits per heavy atom. The number of likely N-dealkylation sites (tertiary alicyclic amines) is 1. The second kappa shape index (κ2) is 5.65. The lowest BCUT2D eigenvalue weighted by molar-refractivity contribution is -0.135. The maximum Gasteiger partial charge on any atom is 0.108 e. The van der Waals surface area contributed by atoms with Crippen molar-refractivity contribution in [2.45, 2.75) is 63.4 Å². The van der Waals surface area contributed by atoms with Crippen LogP contribution in [0.5, 0.6) is 0 Å². The molecule has 100 valence electrons. The molecule has 2 rings (SSSR count). The minimum Gasteiger partial charge on any atom is -0.389 e. The van der Waals surface area contributed by atoms with E-state index in [-0.39, 0.29) is 6.04 Å². The Labute approximate surface area is 103 Å². The summed E-state index contributed by atoms with van der Waals surface area (Å²) < 4.78 is 0. The van der Waals surface area contributed by atoms with E-state index in [0.29, 0.717) is 12.5 Å². The van der Waals surface area contributed by atoms with Gasteiger partial charge >= 0.3 is 0 Å². The number of β-amino-alcohol motifs (C(OH)–C–C–N with tert-alkyl or cyclic N) is 1. The van der Waals surface area contributed by atoms with Gasteiger partial charge in [0.25, 0.3) is 0 Å². The molecule has 0 bridgehead atoms. The van der Waals surface area contributed by atoms with Gasteiger partial charge in [-0.05, 0) is 25.7 Å². The molecule has 4 nitrogen and oxygen atoms in total. The second-order valence-corrected chi connectivity index (χ2v) is 5.75. The summed E-state index contributed by atoms with van der Waals surface area (Å²) in [5, 5.41) is 29.2. The van der Waals surface area contributed by atoms with Crippen molar-refractivity contribution in [3.8, 4) is 0 Å². The van der Waals surface area contributed by atoms with Gasteiger partial charge in [-0.3, -0.25) is 4.90 Å². The predicted molar refractivity (Wildman–Crippen MR) is 65.6 cm³/mol. The number of aliphatic hydroxyl groups excluding tert-OH is 3. The number of hydrogen-bond donors (Lipinski definition) is 3. The van der Waals surface area contributed by atoms with Gasteiger partial charge < -0.3 is 15.3 Å². The Hall–Kier alpha value is -0.160. The molecule has 0 unspecified atom stereocenters. The van der Waals surface area contributed by atoms with Crippen LogP contribution in [0.3, 0.4) is 0 Å². The van der Waals surface area contributed by atoms with Crippen molar-refractivity contribution in [3.05, 3.63) is 0 Å². The Kier molecular flexibility index (Phi) is 4.42. The molecule has 3 N–H and O–H groups in total. The highest BCUT2D eigenvalue weighted by Gasteiger charge is 2.39. The molecule has 0 aromatic heterocycles. The number of rotatable bonds is 2. The minimum atomic E-state index is -0.993. The Balaban J connectivity index is 1.90. The first-order valence-corrected chi connectivity index (χ1v) is 6.88. The molecule has 0 aromatic carbocycles. The normalized spacial score (nSPS) is 41.6. The zero-order chi connectivity index (χ0) is 12.4. The van der Waals surface area contributed by atoms with Crippen LogP contribution in [-0.2, 0) is 0 Å². The van der Waals surface area contributed by atoms with Crippen LogP contribution in [0, 0.1) is 5.92 Å². The summed E-state index contributed by atoms with van der Waals surface area (Å²) in [6.45, 7) is 3.36. The highest BCUT2D eigenvalue weighted by molar-refractivity contribution is 4.92. The van der Waals surface area contributed by atoms with Crippen LogP contribution in [0.15, 0.2) is 0 Å². The minimum absolute atomic E-state index is 0.0599. The summed E-state index contributed by atoms with van der Waals surface area (Å²) in [5.41, 5.74) is 0. The third-order valence-electron chi connectivity index (χ3n) is 4.45. The summed E-state index contributed by atoms with van der Waals surface area (Å²) in [4.78, 5) is 2.14. The van der Waals surface area contributed by atoms with E-state index < -0.39 is 18.3 Å². The van der Waals surface area contributed by atoms with Crippen molar-refractivity contribution >= 4 is 0 Å². The smallest absolute Gasteiger partial charge is 0.108 e. The van der Waals surface area contributed by atoms with Crippen LogP contribution in [-0.4, -0.2) is 57.7 Å². The number of hydrogen-bond acceptors (Lipinski definition) is 4. The van der Waals surface area contributed by atoms with Gasteiger partial charge in [0, 0.05) is 19.1 Å². The van der Waals surface area contributed by atoms with Gasteiger partial charge in [0.15, 0.2) is 0 Å². The van der Waals surface area contributed by atoms with E-state index in [1.54, 1.807) is 0 Å². The zero-order valence-electron chi connectivity index (χ0n) is 10.6. The average molecular weight is 243 g/mol. The molecule has 2 aliphatic rings. The molecule has 2 fully saturated rings. The first-order valence-electron chi connectivity index (χ1n) is 6.88. The van der Waals surface area contributed by atoms with Crippen molar-refractivity contribution in [1.82, 2.24) is 4.90 Å². The van der Waals surface area contributed by atoms with E-state index in [4.69, 9.17) is 0 Å². The fraction of sp³-hybridized carbons (Fsp3) is 1.00. The molecular formula is C13H25NO3. The number of nitrogens with zero attached hydrogens (tertiary/aromatic N) is 1. The Bertz CT molecular complexity index is 243. The monoisotopic (exact) mass is 243 g/mol. The molecule has 0 amide bonds. The van der Waals surface area contributed by atoms with Crippen LogP contribution in [0.1, 0.15) is 39.0 Å². The van der Waals surface area contributed by atoms with Crippen LogP contribution < -0.4 is 0 Å². The molecule has 1 heterocycles. The maximum absolute atomic E-state index is 9.86. The topological polar surface area (TPSA) is 63.9 Å². The molecule has 0 spiro atoms. The molecule has 1 aliphatic heterocycles. The second-order valence-electron chi connectivity index (χ2n) is 5.75. The van der Waals surface area contributed by atoms with Gasteiger partial charge in [0.05, 0.1) is 12.2 Å². The van der Waals surface area contributed by atoms with Crippen LogP contribution in [0.25, 0.3) is 0 Å². The lowest BCUT2D eigenvalue weighted by Crippen LogP contribution is -2.60.